The van der Waals surface area contributed by atoms with Crippen molar-refractivity contribution in [2.75, 3.05) is 0 Å². The molecule has 1 rings (SSSR count). The molecule has 4 heteroatoms. The van der Waals surface area contributed by atoms with E-state index in [0.717, 1.165) is 12.1 Å². The molecular weight excluding hydrogens is 176 g/mol. The number of hydrogen-bond acceptors (Lipinski definition) is 1. The third-order valence-corrected chi connectivity index (χ3v) is 1.55. The summed E-state index contributed by atoms with van der Waals surface area (Å²) in [4.78, 5) is 10.6. The van der Waals surface area contributed by atoms with Gasteiger partial charge in [-0.1, -0.05) is 6.58 Å². The summed E-state index contributed by atoms with van der Waals surface area (Å²) < 4.78 is 25.4. The number of primary amides is 1. The molecule has 0 unspecified atom stereocenters. The lowest BCUT2D eigenvalue weighted by atomic mass is 10.1. The maximum atomic E-state index is 13.0. The molecule has 13 heavy (non-hydrogen) atoms. The first-order valence-electron chi connectivity index (χ1n) is 3.46. The minimum absolute atomic E-state index is 0.0751. The molecule has 0 aliphatic carbocycles. The van der Waals surface area contributed by atoms with Gasteiger partial charge in [-0.25, -0.2) is 8.78 Å². The van der Waals surface area contributed by atoms with E-state index < -0.39 is 17.5 Å². The zero-order valence-corrected chi connectivity index (χ0v) is 6.68. The van der Waals surface area contributed by atoms with E-state index in [-0.39, 0.29) is 11.1 Å². The Bertz CT molecular complexity index is 374. The fourth-order valence-electron chi connectivity index (χ4n) is 0.867. The van der Waals surface area contributed by atoms with Crippen molar-refractivity contribution >= 4 is 11.5 Å². The average Bonchev–Trinajstić information content (AvgIpc) is 2.03. The second-order valence-corrected chi connectivity index (χ2v) is 2.47. The monoisotopic (exact) mass is 183 g/mol. The van der Waals surface area contributed by atoms with Crippen molar-refractivity contribution in [3.63, 3.8) is 0 Å². The summed E-state index contributed by atoms with van der Waals surface area (Å²) in [6.07, 6.45) is 0. The lowest BCUT2D eigenvalue weighted by molar-refractivity contribution is -0.112. The fourth-order valence-corrected chi connectivity index (χ4v) is 0.867. The van der Waals surface area contributed by atoms with E-state index in [0.29, 0.717) is 6.07 Å². The summed E-state index contributed by atoms with van der Waals surface area (Å²) in [7, 11) is 0. The number of amides is 1. The molecule has 0 radical (unpaired) electrons. The maximum Gasteiger partial charge on any atom is 0.248 e. The number of halogens is 2. The van der Waals surface area contributed by atoms with Crippen LogP contribution in [0.5, 0.6) is 0 Å². The van der Waals surface area contributed by atoms with Crippen LogP contribution in [0, 0.1) is 11.6 Å². The number of carbonyl (C=O) groups excluding carboxylic acids is 1. The van der Waals surface area contributed by atoms with Gasteiger partial charge < -0.3 is 5.73 Å². The van der Waals surface area contributed by atoms with Gasteiger partial charge >= 0.3 is 0 Å². The Morgan fingerprint density at radius 1 is 1.38 bits per heavy atom. The molecule has 0 bridgehead atoms. The van der Waals surface area contributed by atoms with Gasteiger partial charge in [0.1, 0.15) is 11.6 Å². The van der Waals surface area contributed by atoms with Crippen molar-refractivity contribution in [2.45, 2.75) is 0 Å². The Kier molecular flexibility index (Phi) is 2.41. The van der Waals surface area contributed by atoms with Crippen LogP contribution in [0.2, 0.25) is 0 Å². The molecule has 0 fully saturated rings. The van der Waals surface area contributed by atoms with Gasteiger partial charge in [-0.15, -0.1) is 0 Å². The van der Waals surface area contributed by atoms with Gasteiger partial charge in [-0.05, 0) is 12.1 Å². The van der Waals surface area contributed by atoms with E-state index in [1.54, 1.807) is 0 Å². The molecule has 0 aromatic heterocycles. The Labute approximate surface area is 73.7 Å². The van der Waals surface area contributed by atoms with Gasteiger partial charge in [0.2, 0.25) is 5.91 Å². The van der Waals surface area contributed by atoms with E-state index in [2.05, 4.69) is 6.58 Å². The predicted molar refractivity (Wildman–Crippen MR) is 44.6 cm³/mol. The molecule has 2 N–H and O–H groups in total. The van der Waals surface area contributed by atoms with Crippen LogP contribution in [0.3, 0.4) is 0 Å². The quantitative estimate of drug-likeness (QED) is 0.693. The van der Waals surface area contributed by atoms with Crippen LogP contribution in [-0.2, 0) is 4.79 Å². The van der Waals surface area contributed by atoms with Crippen LogP contribution in [0.4, 0.5) is 8.78 Å². The van der Waals surface area contributed by atoms with Crippen molar-refractivity contribution in [3.05, 3.63) is 42.0 Å². The SMILES string of the molecule is C=C(C(N)=O)c1ccc(F)cc1F. The highest BCUT2D eigenvalue weighted by Gasteiger charge is 2.10. The summed E-state index contributed by atoms with van der Waals surface area (Å²) in [6, 6.07) is 2.83. The van der Waals surface area contributed by atoms with Gasteiger partial charge in [-0.2, -0.15) is 0 Å². The number of rotatable bonds is 2. The zero-order valence-electron chi connectivity index (χ0n) is 6.68. The molecule has 0 aliphatic heterocycles. The fraction of sp³-hybridized carbons (Fsp3) is 0. The topological polar surface area (TPSA) is 43.1 Å². The minimum atomic E-state index is -0.844. The summed E-state index contributed by atoms with van der Waals surface area (Å²) in [5.74, 6) is -2.38. The van der Waals surface area contributed by atoms with Gasteiger partial charge in [0, 0.05) is 17.2 Å². The average molecular weight is 183 g/mol. The molecule has 1 aromatic carbocycles. The first kappa shape index (κ1) is 9.38. The van der Waals surface area contributed by atoms with Crippen LogP contribution < -0.4 is 5.73 Å². The van der Waals surface area contributed by atoms with Crippen LogP contribution >= 0.6 is 0 Å². The summed E-state index contributed by atoms with van der Waals surface area (Å²) in [5.41, 5.74) is 4.63. The molecule has 1 aromatic rings. The van der Waals surface area contributed by atoms with E-state index >= 15 is 0 Å². The molecule has 0 aliphatic rings. The molecule has 0 saturated carbocycles. The highest BCUT2D eigenvalue weighted by Crippen LogP contribution is 2.16. The third-order valence-electron chi connectivity index (χ3n) is 1.55. The first-order valence-corrected chi connectivity index (χ1v) is 3.46. The Morgan fingerprint density at radius 2 is 2.00 bits per heavy atom. The summed E-state index contributed by atoms with van der Waals surface area (Å²) >= 11 is 0. The molecule has 68 valence electrons. The van der Waals surface area contributed by atoms with E-state index in [1.807, 2.05) is 0 Å². The predicted octanol–water partition coefficient (Wildman–Crippen LogP) is 1.46. The van der Waals surface area contributed by atoms with Crippen LogP contribution in [0.25, 0.3) is 5.57 Å². The molecule has 0 atom stereocenters. The highest BCUT2D eigenvalue weighted by molar-refractivity contribution is 6.17. The lowest BCUT2D eigenvalue weighted by Gasteiger charge is -2.02. The second kappa shape index (κ2) is 3.35. The third kappa shape index (κ3) is 1.90. The number of hydrogen-bond donors (Lipinski definition) is 1. The highest BCUT2D eigenvalue weighted by atomic mass is 19.1. The first-order chi connectivity index (χ1) is 6.02. The largest absolute Gasteiger partial charge is 0.366 e. The van der Waals surface area contributed by atoms with Crippen molar-refractivity contribution < 1.29 is 13.6 Å². The normalized spacial score (nSPS) is 9.69. The summed E-state index contributed by atoms with van der Waals surface area (Å²) in [5, 5.41) is 0. The molecule has 0 spiro atoms. The molecule has 0 saturated heterocycles. The van der Waals surface area contributed by atoms with E-state index in [1.165, 1.54) is 0 Å². The van der Waals surface area contributed by atoms with E-state index in [4.69, 9.17) is 5.73 Å². The Balaban J connectivity index is 3.16. The number of carbonyl (C=O) groups is 1. The van der Waals surface area contributed by atoms with Crippen molar-refractivity contribution in [1.29, 1.82) is 0 Å². The van der Waals surface area contributed by atoms with E-state index in [9.17, 15) is 13.6 Å². The lowest BCUT2D eigenvalue weighted by Crippen LogP contribution is -2.12. The molecule has 0 heterocycles. The van der Waals surface area contributed by atoms with Gasteiger partial charge in [-0.3, -0.25) is 4.79 Å². The minimum Gasteiger partial charge on any atom is -0.366 e. The summed E-state index contributed by atoms with van der Waals surface area (Å²) in [6.45, 7) is 3.28. The Morgan fingerprint density at radius 3 is 2.46 bits per heavy atom. The Hall–Kier alpha value is -1.71. The van der Waals surface area contributed by atoms with Gasteiger partial charge in [0.25, 0.3) is 0 Å². The maximum absolute atomic E-state index is 13.0. The van der Waals surface area contributed by atoms with Gasteiger partial charge in [0.05, 0.1) is 0 Å². The smallest absolute Gasteiger partial charge is 0.248 e. The van der Waals surface area contributed by atoms with Crippen LogP contribution in [0.15, 0.2) is 24.8 Å². The van der Waals surface area contributed by atoms with Crippen molar-refractivity contribution in [1.82, 2.24) is 0 Å². The molecular formula is C9H7F2NO. The molecule has 1 amide bonds. The zero-order chi connectivity index (χ0) is 10.0. The van der Waals surface area contributed by atoms with Crippen molar-refractivity contribution in [3.8, 4) is 0 Å². The number of benzene rings is 1. The standard InChI is InChI=1S/C9H7F2NO/c1-5(9(12)13)7-3-2-6(10)4-8(7)11/h2-4H,1H2,(H2,12,13). The number of nitrogens with two attached hydrogens (primary N) is 1. The van der Waals surface area contributed by atoms with Crippen LogP contribution in [-0.4, -0.2) is 5.91 Å². The van der Waals surface area contributed by atoms with Crippen molar-refractivity contribution in [2.24, 2.45) is 5.73 Å². The molecule has 2 nitrogen and oxygen atoms in total. The second-order valence-electron chi connectivity index (χ2n) is 2.47. The van der Waals surface area contributed by atoms with Gasteiger partial charge in [0.15, 0.2) is 0 Å². The van der Waals surface area contributed by atoms with Crippen LogP contribution in [0.1, 0.15) is 5.56 Å².